The van der Waals surface area contributed by atoms with Crippen molar-refractivity contribution in [3.8, 4) is 0 Å². The Morgan fingerprint density at radius 3 is 2.59 bits per heavy atom. The predicted octanol–water partition coefficient (Wildman–Crippen LogP) is 1.73. The zero-order valence-corrected chi connectivity index (χ0v) is 15.4. The summed E-state index contributed by atoms with van der Waals surface area (Å²) in [6.07, 6.45) is 2.00. The van der Waals surface area contributed by atoms with Gasteiger partial charge < -0.3 is 24.1 Å². The number of fused-ring (bicyclic) bond motifs is 2. The molecular formula is C20H20NO6-. The summed E-state index contributed by atoms with van der Waals surface area (Å²) in [4.78, 5) is 35.3. The molecule has 2 heterocycles. The van der Waals surface area contributed by atoms with E-state index in [2.05, 4.69) is 5.32 Å². The molecule has 7 nitrogen and oxygen atoms in total. The molecule has 2 aromatic heterocycles. The summed E-state index contributed by atoms with van der Waals surface area (Å²) in [5, 5.41) is 15.0. The summed E-state index contributed by atoms with van der Waals surface area (Å²) < 4.78 is 10.9. The first-order valence-corrected chi connectivity index (χ1v) is 8.76. The maximum Gasteiger partial charge on any atom is 0.339 e. The van der Waals surface area contributed by atoms with Crippen LogP contribution in [0.4, 0.5) is 0 Å². The topological polar surface area (TPSA) is 113 Å². The van der Waals surface area contributed by atoms with E-state index in [-0.39, 0.29) is 19.3 Å². The second-order valence-corrected chi connectivity index (χ2v) is 6.60. The minimum Gasteiger partial charge on any atom is -0.548 e. The molecule has 0 spiro atoms. The van der Waals surface area contributed by atoms with Gasteiger partial charge >= 0.3 is 5.63 Å². The number of rotatable bonds is 6. The van der Waals surface area contributed by atoms with Crippen molar-refractivity contribution in [2.75, 3.05) is 0 Å². The number of nitrogens with one attached hydrogen (secondary N) is 1. The van der Waals surface area contributed by atoms with Crippen molar-refractivity contribution < 1.29 is 23.5 Å². The Bertz CT molecular complexity index is 1090. The molecule has 0 saturated heterocycles. The zero-order valence-electron chi connectivity index (χ0n) is 15.4. The lowest BCUT2D eigenvalue weighted by Gasteiger charge is -2.17. The Morgan fingerprint density at radius 1 is 1.19 bits per heavy atom. The van der Waals surface area contributed by atoms with Crippen LogP contribution in [0.15, 0.2) is 32.0 Å². The third-order valence-electron chi connectivity index (χ3n) is 4.81. The first-order chi connectivity index (χ1) is 12.8. The third kappa shape index (κ3) is 3.58. The fourth-order valence-corrected chi connectivity index (χ4v) is 3.16. The maximum atomic E-state index is 12.4. The van der Waals surface area contributed by atoms with Gasteiger partial charge in [-0.25, -0.2) is 4.79 Å². The van der Waals surface area contributed by atoms with E-state index >= 15 is 0 Å². The van der Waals surface area contributed by atoms with Crippen LogP contribution in [-0.2, 0) is 16.0 Å². The van der Waals surface area contributed by atoms with Crippen LogP contribution in [0.25, 0.3) is 21.9 Å². The highest BCUT2D eigenvalue weighted by Gasteiger charge is 2.16. The highest BCUT2D eigenvalue weighted by Crippen LogP contribution is 2.28. The van der Waals surface area contributed by atoms with E-state index < -0.39 is 23.5 Å². The van der Waals surface area contributed by atoms with Gasteiger partial charge in [-0.05, 0) is 43.9 Å². The van der Waals surface area contributed by atoms with Gasteiger partial charge in [-0.1, -0.05) is 6.92 Å². The number of carboxylic acid groups (broad SMARTS) is 1. The van der Waals surface area contributed by atoms with Crippen molar-refractivity contribution in [1.82, 2.24) is 5.32 Å². The molecule has 1 amide bonds. The van der Waals surface area contributed by atoms with Gasteiger partial charge in [-0.3, -0.25) is 4.79 Å². The van der Waals surface area contributed by atoms with Crippen LogP contribution in [0.2, 0.25) is 0 Å². The van der Waals surface area contributed by atoms with Gasteiger partial charge in [-0.15, -0.1) is 0 Å². The van der Waals surface area contributed by atoms with Crippen LogP contribution in [0, 0.1) is 13.8 Å². The molecule has 0 bridgehead atoms. The first-order valence-electron chi connectivity index (χ1n) is 8.76. The van der Waals surface area contributed by atoms with E-state index in [9.17, 15) is 19.5 Å². The number of aryl methyl sites for hydroxylation is 2. The predicted molar refractivity (Wildman–Crippen MR) is 97.3 cm³/mol. The number of hydrogen-bond acceptors (Lipinski definition) is 6. The molecule has 0 aliphatic carbocycles. The standard InChI is InChI=1S/C20H21NO6/c1-4-15(19(23)24)21-18(22)6-5-12-11(3)14-7-13-10(2)9-26-16(13)8-17(14)27-20(12)25/h7-9,15H,4-6H2,1-3H3,(H,21,22)(H,23,24)/p-1/t15-/m0/s1. The zero-order chi connectivity index (χ0) is 19.7. The Kier molecular flexibility index (Phi) is 5.03. The van der Waals surface area contributed by atoms with Gasteiger partial charge in [0, 0.05) is 28.8 Å². The number of benzene rings is 1. The quantitative estimate of drug-likeness (QED) is 0.661. The van der Waals surface area contributed by atoms with Gasteiger partial charge in [0.1, 0.15) is 11.2 Å². The number of carbonyl (C=O) groups is 2. The van der Waals surface area contributed by atoms with E-state index in [1.807, 2.05) is 19.9 Å². The van der Waals surface area contributed by atoms with E-state index in [4.69, 9.17) is 8.83 Å². The van der Waals surface area contributed by atoms with Gasteiger partial charge in [-0.2, -0.15) is 0 Å². The third-order valence-corrected chi connectivity index (χ3v) is 4.81. The van der Waals surface area contributed by atoms with Gasteiger partial charge in [0.2, 0.25) is 5.91 Å². The Labute approximate surface area is 155 Å². The molecule has 0 aliphatic rings. The Balaban J connectivity index is 1.89. The number of furan rings is 1. The SMILES string of the molecule is CC[C@H](NC(=O)CCc1c(C)c2cc3c(C)coc3cc2oc1=O)C(=O)[O-]. The smallest absolute Gasteiger partial charge is 0.339 e. The van der Waals surface area contributed by atoms with Crippen LogP contribution < -0.4 is 16.0 Å². The molecule has 0 radical (unpaired) electrons. The molecule has 7 heteroatoms. The fraction of sp³-hybridized carbons (Fsp3) is 0.350. The fourth-order valence-electron chi connectivity index (χ4n) is 3.16. The van der Waals surface area contributed by atoms with Crippen molar-refractivity contribution >= 4 is 33.8 Å². The van der Waals surface area contributed by atoms with Crippen molar-refractivity contribution in [3.63, 3.8) is 0 Å². The van der Waals surface area contributed by atoms with Crippen molar-refractivity contribution in [2.24, 2.45) is 0 Å². The molecule has 0 fully saturated rings. The summed E-state index contributed by atoms with van der Waals surface area (Å²) in [5.74, 6) is -1.78. The van der Waals surface area contributed by atoms with Crippen molar-refractivity contribution in [2.45, 2.75) is 46.1 Å². The van der Waals surface area contributed by atoms with Gasteiger partial charge in [0.15, 0.2) is 0 Å². The highest BCUT2D eigenvalue weighted by atomic mass is 16.4. The van der Waals surface area contributed by atoms with Crippen LogP contribution in [0.1, 0.15) is 36.5 Å². The molecule has 1 aromatic carbocycles. The Morgan fingerprint density at radius 2 is 1.93 bits per heavy atom. The number of carboxylic acids is 1. The molecular weight excluding hydrogens is 350 g/mol. The van der Waals surface area contributed by atoms with Crippen LogP contribution >= 0.6 is 0 Å². The molecule has 1 N–H and O–H groups in total. The molecule has 142 valence electrons. The van der Waals surface area contributed by atoms with Crippen molar-refractivity contribution in [3.05, 3.63) is 45.5 Å². The second-order valence-electron chi connectivity index (χ2n) is 6.60. The largest absolute Gasteiger partial charge is 0.548 e. The van der Waals surface area contributed by atoms with Crippen LogP contribution in [0.5, 0.6) is 0 Å². The number of hydrogen-bond donors (Lipinski definition) is 1. The molecule has 0 unspecified atom stereocenters. The number of amides is 1. The number of carbonyl (C=O) groups excluding carboxylic acids is 2. The van der Waals surface area contributed by atoms with E-state index in [0.717, 1.165) is 21.9 Å². The Hall–Kier alpha value is -3.09. The molecule has 27 heavy (non-hydrogen) atoms. The normalized spacial score (nSPS) is 12.4. The monoisotopic (exact) mass is 370 g/mol. The van der Waals surface area contributed by atoms with Gasteiger partial charge in [0.05, 0.1) is 18.3 Å². The molecule has 1 atom stereocenters. The molecule has 0 saturated carbocycles. The van der Waals surface area contributed by atoms with E-state index in [1.54, 1.807) is 19.3 Å². The maximum absolute atomic E-state index is 12.4. The summed E-state index contributed by atoms with van der Waals surface area (Å²) in [7, 11) is 0. The second kappa shape index (κ2) is 7.26. The summed E-state index contributed by atoms with van der Waals surface area (Å²) in [6, 6.07) is 2.56. The molecule has 3 rings (SSSR count). The minimum absolute atomic E-state index is 0.0200. The average molecular weight is 370 g/mol. The minimum atomic E-state index is -1.33. The molecule has 0 aliphatic heterocycles. The van der Waals surface area contributed by atoms with E-state index in [1.165, 1.54) is 0 Å². The van der Waals surface area contributed by atoms with Crippen LogP contribution in [0.3, 0.4) is 0 Å². The van der Waals surface area contributed by atoms with Gasteiger partial charge in [0.25, 0.3) is 0 Å². The first kappa shape index (κ1) is 18.7. The summed E-state index contributed by atoms with van der Waals surface area (Å²) >= 11 is 0. The lowest BCUT2D eigenvalue weighted by molar-refractivity contribution is -0.308. The number of aliphatic carboxylic acids is 1. The highest BCUT2D eigenvalue weighted by molar-refractivity contribution is 5.96. The van der Waals surface area contributed by atoms with E-state index in [0.29, 0.717) is 16.7 Å². The lowest BCUT2D eigenvalue weighted by atomic mass is 10.0. The summed E-state index contributed by atoms with van der Waals surface area (Å²) in [6.45, 7) is 5.38. The summed E-state index contributed by atoms with van der Waals surface area (Å²) in [5.41, 5.74) is 2.68. The molecule has 3 aromatic rings. The lowest BCUT2D eigenvalue weighted by Crippen LogP contribution is -2.47. The van der Waals surface area contributed by atoms with Crippen molar-refractivity contribution in [1.29, 1.82) is 0 Å². The average Bonchev–Trinajstić information content (AvgIpc) is 2.98. The van der Waals surface area contributed by atoms with Crippen LogP contribution in [-0.4, -0.2) is 17.9 Å².